The molecule has 6 nitrogen and oxygen atoms in total. The molecule has 0 spiro atoms. The monoisotopic (exact) mass is 291 g/mol. The van der Waals surface area contributed by atoms with Crippen molar-refractivity contribution in [2.45, 2.75) is 0 Å². The molecule has 2 rings (SSSR count). The minimum Gasteiger partial charge on any atom is -0.497 e. The smallest absolute Gasteiger partial charge is 0.298 e. The second kappa shape index (κ2) is 6.12. The first kappa shape index (κ1) is 14.0. The van der Waals surface area contributed by atoms with E-state index < -0.39 is 4.92 Å². The van der Waals surface area contributed by atoms with Gasteiger partial charge < -0.3 is 4.74 Å². The van der Waals surface area contributed by atoms with Crippen LogP contribution in [0, 0.1) is 10.1 Å². The molecule has 0 saturated heterocycles. The summed E-state index contributed by atoms with van der Waals surface area (Å²) in [4.78, 5) is 10.4. The summed E-state index contributed by atoms with van der Waals surface area (Å²) in [6.45, 7) is 0. The van der Waals surface area contributed by atoms with Gasteiger partial charge in [0, 0.05) is 11.1 Å². The quantitative estimate of drug-likeness (QED) is 0.466. The maximum Gasteiger partial charge on any atom is 0.298 e. The van der Waals surface area contributed by atoms with Crippen LogP contribution in [-0.2, 0) is 0 Å². The van der Waals surface area contributed by atoms with Crippen molar-refractivity contribution in [3.05, 3.63) is 57.6 Å². The number of nitro benzene ring substituents is 1. The predicted octanol–water partition coefficient (Wildman–Crippen LogP) is 4.67. The number of hydrogen-bond donors (Lipinski definition) is 0. The Bertz CT molecular complexity index is 656. The van der Waals surface area contributed by atoms with E-state index in [4.69, 9.17) is 16.3 Å². The molecule has 0 aliphatic rings. The van der Waals surface area contributed by atoms with Crippen LogP contribution in [0.4, 0.5) is 17.1 Å². The summed E-state index contributed by atoms with van der Waals surface area (Å²) in [5, 5.41) is 19.0. The molecule has 0 bridgehead atoms. The number of methoxy groups -OCH3 is 1. The van der Waals surface area contributed by atoms with Crippen LogP contribution in [0.2, 0.25) is 5.02 Å². The molecule has 2 aromatic rings. The van der Waals surface area contributed by atoms with Crippen LogP contribution in [0.25, 0.3) is 0 Å². The molecule has 0 saturated carbocycles. The van der Waals surface area contributed by atoms with E-state index in [1.807, 2.05) is 0 Å². The fourth-order valence-electron chi connectivity index (χ4n) is 1.49. The summed E-state index contributed by atoms with van der Waals surface area (Å²) in [6, 6.07) is 11.1. The molecule has 7 heteroatoms. The Morgan fingerprint density at radius 2 is 1.85 bits per heavy atom. The molecular formula is C13H10ClN3O3. The summed E-state index contributed by atoms with van der Waals surface area (Å²) >= 11 is 5.72. The second-order valence-corrected chi connectivity index (χ2v) is 4.22. The minimum absolute atomic E-state index is 0.148. The van der Waals surface area contributed by atoms with Gasteiger partial charge in [0.05, 0.1) is 17.7 Å². The molecular weight excluding hydrogens is 282 g/mol. The summed E-state index contributed by atoms with van der Waals surface area (Å²) in [6.07, 6.45) is 0. The third-order valence-corrected chi connectivity index (χ3v) is 2.71. The number of azo groups is 1. The maximum atomic E-state index is 10.9. The van der Waals surface area contributed by atoms with Crippen molar-refractivity contribution in [2.24, 2.45) is 10.2 Å². The van der Waals surface area contributed by atoms with Crippen LogP contribution in [0.1, 0.15) is 0 Å². The zero-order valence-electron chi connectivity index (χ0n) is 10.5. The van der Waals surface area contributed by atoms with Gasteiger partial charge in [0.1, 0.15) is 5.75 Å². The SMILES string of the molecule is COc1ccc(N=Nc2ccc(Cl)cc2[N+](=O)[O-])cc1. The van der Waals surface area contributed by atoms with Crippen LogP contribution >= 0.6 is 11.6 Å². The zero-order valence-corrected chi connectivity index (χ0v) is 11.2. The average Bonchev–Trinajstić information content (AvgIpc) is 2.46. The fourth-order valence-corrected chi connectivity index (χ4v) is 1.65. The molecule has 20 heavy (non-hydrogen) atoms. The van der Waals surface area contributed by atoms with E-state index in [-0.39, 0.29) is 16.4 Å². The largest absolute Gasteiger partial charge is 0.497 e. The Labute approximate surface area is 119 Å². The Morgan fingerprint density at radius 1 is 1.15 bits per heavy atom. The first-order chi connectivity index (χ1) is 9.60. The highest BCUT2D eigenvalue weighted by atomic mass is 35.5. The van der Waals surface area contributed by atoms with Crippen molar-refractivity contribution in [3.8, 4) is 5.75 Å². The summed E-state index contributed by atoms with van der Waals surface area (Å²) in [5.41, 5.74) is 0.528. The van der Waals surface area contributed by atoms with Crippen LogP contribution < -0.4 is 4.74 Å². The van der Waals surface area contributed by atoms with Gasteiger partial charge in [-0.2, -0.15) is 5.11 Å². The van der Waals surface area contributed by atoms with Gasteiger partial charge in [-0.15, -0.1) is 5.11 Å². The van der Waals surface area contributed by atoms with E-state index in [9.17, 15) is 10.1 Å². The topological polar surface area (TPSA) is 77.1 Å². The Morgan fingerprint density at radius 3 is 2.45 bits per heavy atom. The lowest BCUT2D eigenvalue weighted by Crippen LogP contribution is -1.87. The van der Waals surface area contributed by atoms with Crippen molar-refractivity contribution in [1.29, 1.82) is 0 Å². The third-order valence-electron chi connectivity index (χ3n) is 2.48. The fraction of sp³-hybridized carbons (Fsp3) is 0.0769. The highest BCUT2D eigenvalue weighted by molar-refractivity contribution is 6.30. The molecule has 2 aromatic carbocycles. The summed E-state index contributed by atoms with van der Waals surface area (Å²) in [7, 11) is 1.56. The Kier molecular flexibility index (Phi) is 4.27. The number of benzene rings is 2. The lowest BCUT2D eigenvalue weighted by Gasteiger charge is -1.99. The molecule has 0 unspecified atom stereocenters. The standard InChI is InChI=1S/C13H10ClN3O3/c1-20-11-5-3-10(4-6-11)15-16-12-7-2-9(14)8-13(12)17(18)19/h2-8H,1H3. The van der Waals surface area contributed by atoms with Gasteiger partial charge in [-0.3, -0.25) is 10.1 Å². The number of nitro groups is 1. The minimum atomic E-state index is -0.547. The lowest BCUT2D eigenvalue weighted by molar-refractivity contribution is -0.384. The number of nitrogens with zero attached hydrogens (tertiary/aromatic N) is 3. The van der Waals surface area contributed by atoms with Gasteiger partial charge in [-0.1, -0.05) is 11.6 Å². The van der Waals surface area contributed by atoms with Crippen molar-refractivity contribution in [1.82, 2.24) is 0 Å². The second-order valence-electron chi connectivity index (χ2n) is 3.79. The molecule has 0 fully saturated rings. The van der Waals surface area contributed by atoms with Crippen molar-refractivity contribution in [3.63, 3.8) is 0 Å². The van der Waals surface area contributed by atoms with E-state index in [0.717, 1.165) is 0 Å². The Balaban J connectivity index is 2.28. The van der Waals surface area contributed by atoms with Gasteiger partial charge in [0.15, 0.2) is 5.69 Å². The van der Waals surface area contributed by atoms with Crippen molar-refractivity contribution >= 4 is 28.7 Å². The molecule has 0 amide bonds. The molecule has 0 N–H and O–H groups in total. The Hall–Kier alpha value is -2.47. The highest BCUT2D eigenvalue weighted by Gasteiger charge is 2.13. The molecule has 102 valence electrons. The summed E-state index contributed by atoms with van der Waals surface area (Å²) in [5.74, 6) is 0.696. The van der Waals surface area contributed by atoms with E-state index in [2.05, 4.69) is 10.2 Å². The normalized spacial score (nSPS) is 10.7. The van der Waals surface area contributed by atoms with E-state index in [1.54, 1.807) is 31.4 Å². The predicted molar refractivity (Wildman–Crippen MR) is 75.3 cm³/mol. The van der Waals surface area contributed by atoms with Gasteiger partial charge in [0.2, 0.25) is 0 Å². The van der Waals surface area contributed by atoms with Gasteiger partial charge >= 0.3 is 0 Å². The van der Waals surface area contributed by atoms with Crippen LogP contribution in [-0.4, -0.2) is 12.0 Å². The molecule has 0 heterocycles. The maximum absolute atomic E-state index is 10.9. The molecule has 0 aliphatic carbocycles. The van der Waals surface area contributed by atoms with Crippen molar-refractivity contribution < 1.29 is 9.66 Å². The zero-order chi connectivity index (χ0) is 14.5. The third kappa shape index (κ3) is 3.30. The van der Waals surface area contributed by atoms with Crippen LogP contribution in [0.5, 0.6) is 5.75 Å². The van der Waals surface area contributed by atoms with E-state index in [0.29, 0.717) is 11.4 Å². The molecule has 0 atom stereocenters. The lowest BCUT2D eigenvalue weighted by atomic mass is 10.3. The summed E-state index contributed by atoms with van der Waals surface area (Å²) < 4.78 is 5.02. The van der Waals surface area contributed by atoms with Crippen molar-refractivity contribution in [2.75, 3.05) is 7.11 Å². The van der Waals surface area contributed by atoms with Gasteiger partial charge in [0.25, 0.3) is 5.69 Å². The van der Waals surface area contributed by atoms with Gasteiger partial charge in [-0.25, -0.2) is 0 Å². The first-order valence-electron chi connectivity index (χ1n) is 5.60. The van der Waals surface area contributed by atoms with E-state index >= 15 is 0 Å². The number of hydrogen-bond acceptors (Lipinski definition) is 5. The average molecular weight is 292 g/mol. The van der Waals surface area contributed by atoms with Crippen LogP contribution in [0.15, 0.2) is 52.7 Å². The number of halogens is 1. The highest BCUT2D eigenvalue weighted by Crippen LogP contribution is 2.31. The van der Waals surface area contributed by atoms with E-state index in [1.165, 1.54) is 18.2 Å². The number of rotatable bonds is 4. The first-order valence-corrected chi connectivity index (χ1v) is 5.97. The number of ether oxygens (including phenoxy) is 1. The molecule has 0 radical (unpaired) electrons. The van der Waals surface area contributed by atoms with Gasteiger partial charge in [-0.05, 0) is 36.4 Å². The molecule has 0 aliphatic heterocycles. The molecule has 0 aromatic heterocycles. The van der Waals surface area contributed by atoms with Crippen LogP contribution in [0.3, 0.4) is 0 Å².